The van der Waals surface area contributed by atoms with E-state index in [1.54, 1.807) is 14.2 Å². The Bertz CT molecular complexity index is 381. The van der Waals surface area contributed by atoms with Crippen molar-refractivity contribution in [1.29, 1.82) is 0 Å². The Morgan fingerprint density at radius 2 is 1.74 bits per heavy atom. The minimum atomic E-state index is 0.922. The van der Waals surface area contributed by atoms with E-state index in [2.05, 4.69) is 16.7 Å². The molecule has 0 saturated carbocycles. The summed E-state index contributed by atoms with van der Waals surface area (Å²) in [5, 5.41) is 6.58. The topological polar surface area (TPSA) is 42.5 Å². The van der Waals surface area contributed by atoms with E-state index >= 15 is 0 Å². The van der Waals surface area contributed by atoms with Gasteiger partial charge in [0.25, 0.3) is 0 Å². The van der Waals surface area contributed by atoms with Crippen LogP contribution in [-0.2, 0) is 6.42 Å². The van der Waals surface area contributed by atoms with E-state index in [1.165, 1.54) is 5.56 Å². The van der Waals surface area contributed by atoms with Crippen LogP contribution < -0.4 is 20.1 Å². The van der Waals surface area contributed by atoms with Gasteiger partial charge in [-0.15, -0.1) is 0 Å². The average Bonchev–Trinajstić information content (AvgIpc) is 2.43. The Labute approximate surface area is 116 Å². The number of benzene rings is 1. The molecular weight excluding hydrogens is 240 g/mol. The van der Waals surface area contributed by atoms with Gasteiger partial charge in [-0.25, -0.2) is 0 Å². The third kappa shape index (κ3) is 5.09. The van der Waals surface area contributed by atoms with Gasteiger partial charge in [0, 0.05) is 0 Å². The zero-order chi connectivity index (χ0) is 14.1. The second kappa shape index (κ2) is 8.77. The highest BCUT2D eigenvalue weighted by Gasteiger charge is 2.08. The summed E-state index contributed by atoms with van der Waals surface area (Å²) in [5.74, 6) is 1.86. The molecule has 0 saturated heterocycles. The van der Waals surface area contributed by atoms with Crippen molar-refractivity contribution >= 4 is 0 Å². The van der Waals surface area contributed by atoms with Crippen molar-refractivity contribution in [3.05, 3.63) is 23.3 Å². The van der Waals surface area contributed by atoms with Crippen LogP contribution in [0.1, 0.15) is 17.5 Å². The number of rotatable bonds is 9. The molecule has 1 rings (SSSR count). The zero-order valence-electron chi connectivity index (χ0n) is 12.5. The van der Waals surface area contributed by atoms with E-state index in [0.29, 0.717) is 0 Å². The van der Waals surface area contributed by atoms with Gasteiger partial charge in [-0.05, 0) is 69.7 Å². The summed E-state index contributed by atoms with van der Waals surface area (Å²) in [5.41, 5.74) is 2.29. The van der Waals surface area contributed by atoms with Crippen LogP contribution in [0.5, 0.6) is 11.5 Å². The van der Waals surface area contributed by atoms with Crippen molar-refractivity contribution in [1.82, 2.24) is 10.6 Å². The highest BCUT2D eigenvalue weighted by molar-refractivity contribution is 5.46. The summed E-state index contributed by atoms with van der Waals surface area (Å²) < 4.78 is 10.8. The van der Waals surface area contributed by atoms with E-state index in [-0.39, 0.29) is 0 Å². The van der Waals surface area contributed by atoms with Gasteiger partial charge < -0.3 is 20.1 Å². The van der Waals surface area contributed by atoms with Crippen LogP contribution in [0, 0.1) is 6.92 Å². The zero-order valence-corrected chi connectivity index (χ0v) is 12.5. The fourth-order valence-electron chi connectivity index (χ4n) is 2.05. The van der Waals surface area contributed by atoms with Crippen molar-refractivity contribution < 1.29 is 9.47 Å². The molecule has 4 nitrogen and oxygen atoms in total. The molecule has 0 amide bonds. The SMILES string of the molecule is CNCCCNCCc1cc(OC)c(C)cc1OC. The standard InChI is InChI=1S/C15H26N2O2/c1-12-10-15(19-4)13(11-14(12)18-3)6-9-17-8-5-7-16-2/h10-11,16-17H,5-9H2,1-4H3. The summed E-state index contributed by atoms with van der Waals surface area (Å²) in [6.45, 7) is 5.06. The molecule has 0 aromatic heterocycles. The lowest BCUT2D eigenvalue weighted by atomic mass is 10.1. The first-order valence-electron chi connectivity index (χ1n) is 6.79. The van der Waals surface area contributed by atoms with Gasteiger partial charge in [-0.3, -0.25) is 0 Å². The molecule has 0 aliphatic heterocycles. The fourth-order valence-corrected chi connectivity index (χ4v) is 2.05. The first-order chi connectivity index (χ1) is 9.22. The quantitative estimate of drug-likeness (QED) is 0.668. The Morgan fingerprint density at radius 1 is 1.00 bits per heavy atom. The highest BCUT2D eigenvalue weighted by atomic mass is 16.5. The largest absolute Gasteiger partial charge is 0.496 e. The average molecular weight is 266 g/mol. The van der Waals surface area contributed by atoms with Crippen LogP contribution in [-0.4, -0.2) is 40.9 Å². The maximum Gasteiger partial charge on any atom is 0.122 e. The molecule has 0 atom stereocenters. The molecule has 0 bridgehead atoms. The van der Waals surface area contributed by atoms with Crippen LogP contribution in [0.15, 0.2) is 12.1 Å². The smallest absolute Gasteiger partial charge is 0.122 e. The second-order valence-electron chi connectivity index (χ2n) is 4.59. The summed E-state index contributed by atoms with van der Waals surface area (Å²) in [6.07, 6.45) is 2.09. The maximum atomic E-state index is 5.43. The molecule has 108 valence electrons. The summed E-state index contributed by atoms with van der Waals surface area (Å²) >= 11 is 0. The van der Waals surface area contributed by atoms with E-state index in [9.17, 15) is 0 Å². The molecule has 0 heterocycles. The van der Waals surface area contributed by atoms with Crippen LogP contribution in [0.25, 0.3) is 0 Å². The number of ether oxygens (including phenoxy) is 2. The first-order valence-corrected chi connectivity index (χ1v) is 6.79. The molecule has 0 spiro atoms. The normalized spacial score (nSPS) is 10.5. The highest BCUT2D eigenvalue weighted by Crippen LogP contribution is 2.28. The number of hydrogen-bond acceptors (Lipinski definition) is 4. The summed E-state index contributed by atoms with van der Waals surface area (Å²) in [4.78, 5) is 0. The van der Waals surface area contributed by atoms with Crippen molar-refractivity contribution in [3.8, 4) is 11.5 Å². The van der Waals surface area contributed by atoms with Gasteiger partial charge in [0.1, 0.15) is 11.5 Å². The Balaban J connectivity index is 2.51. The molecule has 0 fully saturated rings. The lowest BCUT2D eigenvalue weighted by Gasteiger charge is -2.13. The molecular formula is C15H26N2O2. The Kier molecular flexibility index (Phi) is 7.30. The van der Waals surface area contributed by atoms with E-state index < -0.39 is 0 Å². The Hall–Kier alpha value is -1.26. The van der Waals surface area contributed by atoms with Gasteiger partial charge in [0.2, 0.25) is 0 Å². The number of hydrogen-bond donors (Lipinski definition) is 2. The molecule has 4 heteroatoms. The molecule has 0 aliphatic rings. The van der Waals surface area contributed by atoms with E-state index in [1.807, 2.05) is 20.0 Å². The Morgan fingerprint density at radius 3 is 2.37 bits per heavy atom. The predicted octanol–water partition coefficient (Wildman–Crippen LogP) is 1.75. The van der Waals surface area contributed by atoms with Gasteiger partial charge in [-0.1, -0.05) is 0 Å². The van der Waals surface area contributed by atoms with Crippen LogP contribution in [0.4, 0.5) is 0 Å². The second-order valence-corrected chi connectivity index (χ2v) is 4.59. The van der Waals surface area contributed by atoms with Gasteiger partial charge in [0.05, 0.1) is 14.2 Å². The third-order valence-corrected chi connectivity index (χ3v) is 3.15. The van der Waals surface area contributed by atoms with Crippen LogP contribution in [0.3, 0.4) is 0 Å². The van der Waals surface area contributed by atoms with Gasteiger partial charge >= 0.3 is 0 Å². The van der Waals surface area contributed by atoms with Crippen molar-refractivity contribution in [2.45, 2.75) is 19.8 Å². The maximum absolute atomic E-state index is 5.43. The van der Waals surface area contributed by atoms with Crippen LogP contribution in [0.2, 0.25) is 0 Å². The fraction of sp³-hybridized carbons (Fsp3) is 0.600. The van der Waals surface area contributed by atoms with Crippen molar-refractivity contribution in [3.63, 3.8) is 0 Å². The molecule has 2 N–H and O–H groups in total. The summed E-state index contributed by atoms with van der Waals surface area (Å²) in [7, 11) is 5.39. The third-order valence-electron chi connectivity index (χ3n) is 3.15. The molecule has 0 radical (unpaired) electrons. The lowest BCUT2D eigenvalue weighted by molar-refractivity contribution is 0.396. The van der Waals surface area contributed by atoms with Gasteiger partial charge in [0.15, 0.2) is 0 Å². The first kappa shape index (κ1) is 15.8. The minimum absolute atomic E-state index is 0.922. The lowest BCUT2D eigenvalue weighted by Crippen LogP contribution is -2.22. The molecule has 0 aliphatic carbocycles. The van der Waals surface area contributed by atoms with Crippen molar-refractivity contribution in [2.75, 3.05) is 40.9 Å². The molecule has 1 aromatic rings. The molecule has 19 heavy (non-hydrogen) atoms. The number of nitrogens with one attached hydrogen (secondary N) is 2. The monoisotopic (exact) mass is 266 g/mol. The molecule has 1 aromatic carbocycles. The van der Waals surface area contributed by atoms with Crippen molar-refractivity contribution in [2.24, 2.45) is 0 Å². The van der Waals surface area contributed by atoms with E-state index in [4.69, 9.17) is 9.47 Å². The number of aryl methyl sites for hydroxylation is 1. The predicted molar refractivity (Wildman–Crippen MR) is 79.4 cm³/mol. The minimum Gasteiger partial charge on any atom is -0.496 e. The van der Waals surface area contributed by atoms with Gasteiger partial charge in [-0.2, -0.15) is 0 Å². The van der Waals surface area contributed by atoms with E-state index in [0.717, 1.165) is 49.5 Å². The van der Waals surface area contributed by atoms with Crippen LogP contribution >= 0.6 is 0 Å². The molecule has 0 unspecified atom stereocenters. The number of methoxy groups -OCH3 is 2. The summed E-state index contributed by atoms with van der Waals surface area (Å²) in [6, 6.07) is 4.11.